The zero-order valence-corrected chi connectivity index (χ0v) is 18.3. The van der Waals surface area contributed by atoms with Crippen LogP contribution in [0.1, 0.15) is 76.0 Å². The maximum atomic E-state index is 11.9. The molecule has 168 valence electrons. The number of ether oxygens (including phenoxy) is 2. The van der Waals surface area contributed by atoms with Crippen LogP contribution in [0.3, 0.4) is 0 Å². The molecule has 0 spiro atoms. The molecule has 1 aliphatic carbocycles. The zero-order chi connectivity index (χ0) is 21.4. The number of Topliss-reactive ketones (excluding diaryl/α,β-unsaturated/α-hetero) is 1. The Balaban J connectivity index is -0.00000176. The molecule has 0 unspecified atom stereocenters. The van der Waals surface area contributed by atoms with Crippen LogP contribution in [-0.4, -0.2) is 56.1 Å². The molecule has 7 nitrogen and oxygen atoms in total. The third kappa shape index (κ3) is 12.8. The number of rotatable bonds is 12. The van der Waals surface area contributed by atoms with Crippen LogP contribution >= 0.6 is 0 Å². The number of carbonyl (C=O) groups is 3. The number of hydrogen-bond donors (Lipinski definition) is 2. The van der Waals surface area contributed by atoms with Crippen molar-refractivity contribution in [2.24, 2.45) is 5.92 Å². The Labute approximate surface area is 173 Å². The van der Waals surface area contributed by atoms with Crippen LogP contribution in [0.2, 0.25) is 0 Å². The van der Waals surface area contributed by atoms with Crippen LogP contribution in [0.15, 0.2) is 0 Å². The molecule has 1 fully saturated rings. The Morgan fingerprint density at radius 2 is 1.68 bits per heavy atom. The molecule has 1 rings (SSSR count). The predicted octanol–water partition coefficient (Wildman–Crippen LogP) is 3.11. The second-order valence-corrected chi connectivity index (χ2v) is 7.01. The third-order valence-electron chi connectivity index (χ3n) is 4.49. The Bertz CT molecular complexity index is 457. The molecular formula is C21H44N2O5. The van der Waals surface area contributed by atoms with E-state index in [0.717, 1.165) is 25.7 Å². The summed E-state index contributed by atoms with van der Waals surface area (Å²) in [4.78, 5) is 35.0. The molecule has 2 N–H and O–H groups in total. The Hall–Kier alpha value is -1.47. The van der Waals surface area contributed by atoms with Crippen LogP contribution in [0.5, 0.6) is 0 Å². The van der Waals surface area contributed by atoms with E-state index in [1.165, 1.54) is 0 Å². The second-order valence-electron chi connectivity index (χ2n) is 7.01. The van der Waals surface area contributed by atoms with Crippen LogP contribution in [0.25, 0.3) is 0 Å². The van der Waals surface area contributed by atoms with Crippen molar-refractivity contribution >= 4 is 17.6 Å². The van der Waals surface area contributed by atoms with Crippen molar-refractivity contribution in [2.75, 3.05) is 26.4 Å². The fourth-order valence-electron chi connectivity index (χ4n) is 2.97. The first kappa shape index (κ1) is 26.5. The average Bonchev–Trinajstić information content (AvgIpc) is 2.70. The summed E-state index contributed by atoms with van der Waals surface area (Å²) in [5.41, 5.74) is 0. The topological polar surface area (TPSA) is 93.7 Å². The van der Waals surface area contributed by atoms with E-state index in [9.17, 15) is 14.4 Å². The van der Waals surface area contributed by atoms with Crippen LogP contribution in [0.4, 0.5) is 0 Å². The SMILES string of the molecule is CC.CCC(=O)C1CCC(NC(=O)CCOCCNC(=O)COC(C)C)CC1.[HH].[HH]. The van der Waals surface area contributed by atoms with E-state index < -0.39 is 0 Å². The van der Waals surface area contributed by atoms with Gasteiger partial charge in [0.1, 0.15) is 12.4 Å². The largest absolute Gasteiger partial charge is 0.379 e. The van der Waals surface area contributed by atoms with Crippen molar-refractivity contribution in [3.05, 3.63) is 0 Å². The first-order valence-electron chi connectivity index (χ1n) is 10.7. The Morgan fingerprint density at radius 1 is 1.04 bits per heavy atom. The number of nitrogens with one attached hydrogen (secondary N) is 2. The maximum Gasteiger partial charge on any atom is 0.246 e. The smallest absolute Gasteiger partial charge is 0.246 e. The van der Waals surface area contributed by atoms with E-state index in [2.05, 4.69) is 10.6 Å². The molecule has 1 saturated carbocycles. The van der Waals surface area contributed by atoms with E-state index in [-0.39, 0.29) is 39.3 Å². The molecule has 0 aromatic rings. The van der Waals surface area contributed by atoms with E-state index in [1.54, 1.807) is 0 Å². The van der Waals surface area contributed by atoms with Gasteiger partial charge in [-0.25, -0.2) is 0 Å². The molecule has 0 aromatic heterocycles. The van der Waals surface area contributed by atoms with Crippen LogP contribution in [0, 0.1) is 5.92 Å². The van der Waals surface area contributed by atoms with Gasteiger partial charge < -0.3 is 20.1 Å². The summed E-state index contributed by atoms with van der Waals surface area (Å²) in [6, 6.07) is 0.170. The molecular weight excluding hydrogens is 360 g/mol. The van der Waals surface area contributed by atoms with Gasteiger partial charge in [-0.3, -0.25) is 14.4 Å². The van der Waals surface area contributed by atoms with Crippen LogP contribution < -0.4 is 10.6 Å². The molecule has 0 atom stereocenters. The highest BCUT2D eigenvalue weighted by Crippen LogP contribution is 2.25. The normalized spacial score (nSPS) is 18.8. The Kier molecular flexibility index (Phi) is 15.6. The number of ketones is 1. The minimum Gasteiger partial charge on any atom is -0.379 e. The quantitative estimate of drug-likeness (QED) is 0.488. The van der Waals surface area contributed by atoms with E-state index in [4.69, 9.17) is 9.47 Å². The van der Waals surface area contributed by atoms with E-state index in [1.807, 2.05) is 34.6 Å². The maximum absolute atomic E-state index is 11.9. The van der Waals surface area contributed by atoms with Crippen molar-refractivity contribution in [2.45, 2.75) is 85.3 Å². The van der Waals surface area contributed by atoms with Crippen molar-refractivity contribution in [1.29, 1.82) is 0 Å². The van der Waals surface area contributed by atoms with Gasteiger partial charge in [0, 0.05) is 34.2 Å². The van der Waals surface area contributed by atoms with E-state index in [0.29, 0.717) is 38.4 Å². The minimum atomic E-state index is -0.169. The molecule has 0 radical (unpaired) electrons. The predicted molar refractivity (Wildman–Crippen MR) is 114 cm³/mol. The van der Waals surface area contributed by atoms with E-state index >= 15 is 0 Å². The van der Waals surface area contributed by atoms with Crippen molar-refractivity contribution < 1.29 is 26.7 Å². The number of hydrogen-bond acceptors (Lipinski definition) is 5. The summed E-state index contributed by atoms with van der Waals surface area (Å²) in [6.45, 7) is 10.8. The lowest BCUT2D eigenvalue weighted by molar-refractivity contribution is -0.128. The first-order chi connectivity index (χ1) is 13.4. The molecule has 0 aliphatic heterocycles. The monoisotopic (exact) mass is 404 g/mol. The number of amides is 2. The standard InChI is InChI=1S/C19H34N2O5.C2H6.2H2/c1-4-17(22)15-5-7-16(8-6-15)21-18(23)9-11-25-12-10-20-19(24)13-26-14(2)3;1-2;;/h14-16H,4-13H2,1-3H3,(H,20,24)(H,21,23);1-2H3;2*1H. The lowest BCUT2D eigenvalue weighted by Crippen LogP contribution is -2.39. The fraction of sp³-hybridized carbons (Fsp3) is 0.857. The van der Waals surface area contributed by atoms with Crippen molar-refractivity contribution in [3.63, 3.8) is 0 Å². The number of carbonyl (C=O) groups excluding carboxylic acids is 3. The van der Waals surface area contributed by atoms with Crippen molar-refractivity contribution in [3.8, 4) is 0 Å². The highest BCUT2D eigenvalue weighted by Gasteiger charge is 2.25. The van der Waals surface area contributed by atoms with Gasteiger partial charge >= 0.3 is 0 Å². The van der Waals surface area contributed by atoms with Gasteiger partial charge in [0.15, 0.2) is 0 Å². The fourth-order valence-corrected chi connectivity index (χ4v) is 2.97. The lowest BCUT2D eigenvalue weighted by atomic mass is 9.83. The molecule has 0 heterocycles. The van der Waals surface area contributed by atoms with Gasteiger partial charge in [-0.1, -0.05) is 20.8 Å². The molecule has 0 saturated heterocycles. The lowest BCUT2D eigenvalue weighted by Gasteiger charge is -2.28. The molecule has 0 bridgehead atoms. The summed E-state index contributed by atoms with van der Waals surface area (Å²) in [7, 11) is 0. The minimum absolute atomic E-state index is 0. The molecule has 0 aromatic carbocycles. The van der Waals surface area contributed by atoms with Gasteiger partial charge in [0.2, 0.25) is 11.8 Å². The molecule has 2 amide bonds. The first-order valence-corrected chi connectivity index (χ1v) is 10.7. The van der Waals surface area contributed by atoms with Gasteiger partial charge in [0.05, 0.1) is 19.3 Å². The summed E-state index contributed by atoms with van der Waals surface area (Å²) in [5.74, 6) is 0.325. The average molecular weight is 405 g/mol. The summed E-state index contributed by atoms with van der Waals surface area (Å²) < 4.78 is 10.6. The summed E-state index contributed by atoms with van der Waals surface area (Å²) in [6.07, 6.45) is 4.41. The Morgan fingerprint density at radius 3 is 2.25 bits per heavy atom. The second kappa shape index (κ2) is 16.5. The van der Waals surface area contributed by atoms with Crippen LogP contribution in [-0.2, 0) is 23.9 Å². The highest BCUT2D eigenvalue weighted by molar-refractivity contribution is 5.81. The van der Waals surface area contributed by atoms with Gasteiger partial charge in [-0.05, 0) is 39.5 Å². The highest BCUT2D eigenvalue weighted by atomic mass is 16.5. The molecule has 7 heteroatoms. The van der Waals surface area contributed by atoms with Crippen molar-refractivity contribution in [1.82, 2.24) is 10.6 Å². The molecule has 28 heavy (non-hydrogen) atoms. The van der Waals surface area contributed by atoms with Gasteiger partial charge in [-0.2, -0.15) is 0 Å². The van der Waals surface area contributed by atoms with Gasteiger partial charge in [0.25, 0.3) is 0 Å². The summed E-state index contributed by atoms with van der Waals surface area (Å²) >= 11 is 0. The van der Waals surface area contributed by atoms with Gasteiger partial charge in [-0.15, -0.1) is 0 Å². The third-order valence-corrected chi connectivity index (χ3v) is 4.49. The molecule has 1 aliphatic rings. The summed E-state index contributed by atoms with van der Waals surface area (Å²) in [5, 5.41) is 5.71. The zero-order valence-electron chi connectivity index (χ0n) is 18.3.